The van der Waals surface area contributed by atoms with Crippen LogP contribution in [0.4, 0.5) is 0 Å². The van der Waals surface area contributed by atoms with Crippen LogP contribution in [0.15, 0.2) is 0 Å². The molecule has 0 aliphatic carbocycles. The summed E-state index contributed by atoms with van der Waals surface area (Å²) >= 11 is 0. The van der Waals surface area contributed by atoms with Crippen molar-refractivity contribution in [1.29, 1.82) is 0 Å². The van der Waals surface area contributed by atoms with E-state index in [1.807, 2.05) is 0 Å². The minimum atomic E-state index is 1.12. The van der Waals surface area contributed by atoms with Gasteiger partial charge in [-0.25, -0.2) is 0 Å². The SMILES string of the molecule is CCN1BN(C)BN(CC)B1. The van der Waals surface area contributed by atoms with Gasteiger partial charge in [-0.1, -0.05) is 13.8 Å². The molecule has 1 rings (SSSR count). The predicted molar refractivity (Wildman–Crippen MR) is 54.0 cm³/mol. The van der Waals surface area contributed by atoms with Gasteiger partial charge < -0.3 is 14.2 Å². The van der Waals surface area contributed by atoms with Gasteiger partial charge in [0.1, 0.15) is 0 Å². The van der Waals surface area contributed by atoms with Crippen LogP contribution in [0.25, 0.3) is 0 Å². The molecule has 0 aromatic carbocycles. The standard InChI is InChI=1S/C5H16B3N3/c1-4-10-6-9(3)7-11(5-2)8-10/h6-8H,4-5H2,1-3H3. The van der Waals surface area contributed by atoms with Gasteiger partial charge in [-0.05, 0) is 20.1 Å². The lowest BCUT2D eigenvalue weighted by atomic mass is 9.75. The molecule has 0 bridgehead atoms. The molecule has 3 nitrogen and oxygen atoms in total. The number of rotatable bonds is 2. The van der Waals surface area contributed by atoms with Gasteiger partial charge in [0.25, 0.3) is 22.6 Å². The van der Waals surface area contributed by atoms with E-state index in [2.05, 4.69) is 35.1 Å². The van der Waals surface area contributed by atoms with Crippen molar-refractivity contribution in [1.82, 2.24) is 14.2 Å². The highest BCUT2D eigenvalue weighted by Gasteiger charge is 2.22. The number of nitrogens with zero attached hydrogens (tertiary/aromatic N) is 3. The summed E-state index contributed by atoms with van der Waals surface area (Å²) < 4.78 is 7.22. The van der Waals surface area contributed by atoms with Gasteiger partial charge in [-0.3, -0.25) is 0 Å². The fraction of sp³-hybridized carbons (Fsp3) is 1.00. The monoisotopic (exact) mass is 151 g/mol. The molecule has 0 spiro atoms. The Morgan fingerprint density at radius 2 is 1.36 bits per heavy atom. The summed E-state index contributed by atoms with van der Waals surface area (Å²) in [5, 5.41) is 0. The Morgan fingerprint density at radius 1 is 0.909 bits per heavy atom. The van der Waals surface area contributed by atoms with E-state index in [0.717, 1.165) is 35.7 Å². The molecule has 11 heavy (non-hydrogen) atoms. The third-order valence-electron chi connectivity index (χ3n) is 2.18. The molecular weight excluding hydrogens is 135 g/mol. The van der Waals surface area contributed by atoms with Gasteiger partial charge in [0, 0.05) is 0 Å². The summed E-state index contributed by atoms with van der Waals surface area (Å²) in [7, 11) is 5.54. The second-order valence-corrected chi connectivity index (χ2v) is 3.25. The van der Waals surface area contributed by atoms with Gasteiger partial charge in [0.05, 0.1) is 0 Å². The highest BCUT2D eigenvalue weighted by molar-refractivity contribution is 6.64. The van der Waals surface area contributed by atoms with Crippen molar-refractivity contribution in [2.75, 3.05) is 20.1 Å². The zero-order chi connectivity index (χ0) is 8.27. The second-order valence-electron chi connectivity index (χ2n) is 3.25. The van der Waals surface area contributed by atoms with E-state index in [1.54, 1.807) is 0 Å². The first-order valence-corrected chi connectivity index (χ1v) is 4.39. The van der Waals surface area contributed by atoms with Crippen molar-refractivity contribution in [3.05, 3.63) is 0 Å². The first-order valence-electron chi connectivity index (χ1n) is 4.39. The summed E-state index contributed by atoms with van der Waals surface area (Å²) in [6.07, 6.45) is 0. The van der Waals surface area contributed by atoms with E-state index < -0.39 is 0 Å². The predicted octanol–water partition coefficient (Wildman–Crippen LogP) is -1.62. The topological polar surface area (TPSA) is 9.72 Å². The van der Waals surface area contributed by atoms with Crippen LogP contribution in [0.3, 0.4) is 0 Å². The van der Waals surface area contributed by atoms with Crippen molar-refractivity contribution in [3.8, 4) is 0 Å². The molecule has 0 unspecified atom stereocenters. The molecule has 0 aromatic heterocycles. The Bertz CT molecular complexity index is 112. The highest BCUT2D eigenvalue weighted by atomic mass is 15.2. The highest BCUT2D eigenvalue weighted by Crippen LogP contribution is 1.97. The van der Waals surface area contributed by atoms with E-state index in [4.69, 9.17) is 0 Å². The summed E-state index contributed by atoms with van der Waals surface area (Å²) in [6, 6.07) is 0. The summed E-state index contributed by atoms with van der Waals surface area (Å²) in [6.45, 7) is 6.74. The van der Waals surface area contributed by atoms with Crippen molar-refractivity contribution < 1.29 is 0 Å². The van der Waals surface area contributed by atoms with Crippen LogP contribution in [0.1, 0.15) is 13.8 Å². The Balaban J connectivity index is 2.37. The molecule has 6 heteroatoms. The largest absolute Gasteiger partial charge is 0.366 e. The average Bonchev–Trinajstić information content (AvgIpc) is 2.03. The molecule has 1 aliphatic heterocycles. The minimum absolute atomic E-state index is 1.12. The molecular formula is C5H16B3N3. The smallest absolute Gasteiger partial charge is 0.270 e. The number of hydrogen-bond donors (Lipinski definition) is 0. The van der Waals surface area contributed by atoms with Crippen molar-refractivity contribution in [2.24, 2.45) is 0 Å². The molecule has 0 N–H and O–H groups in total. The van der Waals surface area contributed by atoms with Crippen LogP contribution in [-0.2, 0) is 0 Å². The third-order valence-corrected chi connectivity index (χ3v) is 2.18. The molecule has 60 valence electrons. The fourth-order valence-corrected chi connectivity index (χ4v) is 1.50. The van der Waals surface area contributed by atoms with E-state index in [0.29, 0.717) is 0 Å². The maximum atomic E-state index is 2.44. The Labute approximate surface area is 71.6 Å². The van der Waals surface area contributed by atoms with Crippen LogP contribution in [-0.4, -0.2) is 57.0 Å². The lowest BCUT2D eigenvalue weighted by Gasteiger charge is -2.37. The lowest BCUT2D eigenvalue weighted by Crippen LogP contribution is -2.59. The van der Waals surface area contributed by atoms with Gasteiger partial charge >= 0.3 is 0 Å². The Kier molecular flexibility index (Phi) is 3.49. The van der Waals surface area contributed by atoms with Gasteiger partial charge in [-0.15, -0.1) is 0 Å². The molecule has 1 fully saturated rings. The molecule has 0 atom stereocenters. The zero-order valence-electron chi connectivity index (χ0n) is 7.88. The van der Waals surface area contributed by atoms with Crippen molar-refractivity contribution >= 4 is 22.6 Å². The molecule has 1 heterocycles. The normalized spacial score (nSPS) is 22.1. The number of hydrogen-bond acceptors (Lipinski definition) is 3. The minimum Gasteiger partial charge on any atom is -0.366 e. The second kappa shape index (κ2) is 4.19. The average molecular weight is 151 g/mol. The third kappa shape index (κ3) is 2.54. The first kappa shape index (κ1) is 9.17. The quantitative estimate of drug-likeness (QED) is 0.438. The summed E-state index contributed by atoms with van der Waals surface area (Å²) in [5.74, 6) is 0. The maximum absolute atomic E-state index is 2.44. The Morgan fingerprint density at radius 3 is 1.73 bits per heavy atom. The van der Waals surface area contributed by atoms with Crippen LogP contribution in [0.5, 0.6) is 0 Å². The van der Waals surface area contributed by atoms with Crippen LogP contribution in [0.2, 0.25) is 0 Å². The van der Waals surface area contributed by atoms with Crippen LogP contribution in [0, 0.1) is 0 Å². The van der Waals surface area contributed by atoms with Crippen LogP contribution >= 0.6 is 0 Å². The van der Waals surface area contributed by atoms with Gasteiger partial charge in [0.2, 0.25) is 0 Å². The van der Waals surface area contributed by atoms with E-state index in [-0.39, 0.29) is 0 Å². The molecule has 0 aromatic rings. The van der Waals surface area contributed by atoms with Crippen LogP contribution < -0.4 is 0 Å². The van der Waals surface area contributed by atoms with Crippen molar-refractivity contribution in [2.45, 2.75) is 13.8 Å². The summed E-state index contributed by atoms with van der Waals surface area (Å²) in [5.41, 5.74) is 0. The molecule has 1 aliphatic rings. The molecule has 1 saturated heterocycles. The molecule has 0 saturated carbocycles. The zero-order valence-corrected chi connectivity index (χ0v) is 7.88. The Hall–Kier alpha value is 0.0748. The molecule has 0 amide bonds. The van der Waals surface area contributed by atoms with E-state index in [1.165, 1.54) is 0 Å². The van der Waals surface area contributed by atoms with Gasteiger partial charge in [0.15, 0.2) is 0 Å². The first-order chi connectivity index (χ1) is 5.26. The van der Waals surface area contributed by atoms with Gasteiger partial charge in [-0.2, -0.15) is 0 Å². The van der Waals surface area contributed by atoms with E-state index >= 15 is 0 Å². The lowest BCUT2D eigenvalue weighted by molar-refractivity contribution is 0.530. The van der Waals surface area contributed by atoms with E-state index in [9.17, 15) is 0 Å². The molecule has 0 radical (unpaired) electrons. The summed E-state index contributed by atoms with van der Waals surface area (Å²) in [4.78, 5) is 0. The van der Waals surface area contributed by atoms with Crippen molar-refractivity contribution in [3.63, 3.8) is 0 Å². The maximum Gasteiger partial charge on any atom is 0.270 e. The fourth-order valence-electron chi connectivity index (χ4n) is 1.50.